The summed E-state index contributed by atoms with van der Waals surface area (Å²) >= 11 is 1.39. The first-order chi connectivity index (χ1) is 13.6. The van der Waals surface area contributed by atoms with Crippen LogP contribution in [0.2, 0.25) is 0 Å². The van der Waals surface area contributed by atoms with E-state index in [1.54, 1.807) is 17.9 Å². The van der Waals surface area contributed by atoms with E-state index in [4.69, 9.17) is 9.47 Å². The van der Waals surface area contributed by atoms with Crippen molar-refractivity contribution < 1.29 is 23.9 Å². The number of ether oxygens (including phenoxy) is 2. The zero-order valence-electron chi connectivity index (χ0n) is 17.9. The van der Waals surface area contributed by atoms with Crippen LogP contribution < -0.4 is 5.32 Å². The van der Waals surface area contributed by atoms with Crippen LogP contribution in [0, 0.1) is 0 Å². The standard InChI is InChI=1S/C20H31N3O5S/c1-6-14-12-15(18(25)27-7-2)17(29-14)21-16(24)13-22-8-10-23(11-9-22)19(26)28-20(3,4)5/h12H,6-11,13H2,1-5H3,(H,21,24). The lowest BCUT2D eigenvalue weighted by molar-refractivity contribution is -0.117. The highest BCUT2D eigenvalue weighted by atomic mass is 32.1. The minimum absolute atomic E-state index is 0.189. The smallest absolute Gasteiger partial charge is 0.410 e. The molecule has 162 valence electrons. The van der Waals surface area contributed by atoms with Crippen molar-refractivity contribution >= 4 is 34.3 Å². The van der Waals surface area contributed by atoms with E-state index in [-0.39, 0.29) is 25.2 Å². The largest absolute Gasteiger partial charge is 0.462 e. The molecule has 0 radical (unpaired) electrons. The SMILES string of the molecule is CCOC(=O)c1cc(CC)sc1NC(=O)CN1CCN(C(=O)OC(C)(C)C)CC1. The molecule has 1 aliphatic rings. The number of amides is 2. The summed E-state index contributed by atoms with van der Waals surface area (Å²) in [6.07, 6.45) is 0.450. The molecule has 0 aliphatic carbocycles. The third-order valence-electron chi connectivity index (χ3n) is 4.27. The molecule has 0 saturated carbocycles. The molecule has 1 saturated heterocycles. The lowest BCUT2D eigenvalue weighted by Gasteiger charge is -2.35. The molecule has 1 N–H and O–H groups in total. The van der Waals surface area contributed by atoms with Gasteiger partial charge in [0.15, 0.2) is 0 Å². The maximum atomic E-state index is 12.5. The van der Waals surface area contributed by atoms with Gasteiger partial charge in [0.25, 0.3) is 0 Å². The number of carbonyl (C=O) groups excluding carboxylic acids is 3. The monoisotopic (exact) mass is 425 g/mol. The maximum absolute atomic E-state index is 12.5. The van der Waals surface area contributed by atoms with Crippen molar-refractivity contribution in [3.8, 4) is 0 Å². The number of piperazine rings is 1. The number of aryl methyl sites for hydroxylation is 1. The molecule has 0 aromatic carbocycles. The molecule has 0 unspecified atom stereocenters. The van der Waals surface area contributed by atoms with E-state index in [1.807, 2.05) is 32.6 Å². The molecule has 0 atom stereocenters. The predicted octanol–water partition coefficient (Wildman–Crippen LogP) is 2.98. The van der Waals surface area contributed by atoms with Crippen LogP contribution >= 0.6 is 11.3 Å². The Labute approximate surface area is 176 Å². The van der Waals surface area contributed by atoms with E-state index in [2.05, 4.69) is 5.32 Å². The molecule has 9 heteroatoms. The quantitative estimate of drug-likeness (QED) is 0.705. The minimum atomic E-state index is -0.525. The van der Waals surface area contributed by atoms with Crippen LogP contribution in [0.1, 0.15) is 49.9 Å². The highest BCUT2D eigenvalue weighted by Gasteiger charge is 2.27. The summed E-state index contributed by atoms with van der Waals surface area (Å²) in [5.74, 6) is -0.615. The Bertz CT molecular complexity index is 733. The molecule has 2 heterocycles. The lowest BCUT2D eigenvalue weighted by Crippen LogP contribution is -2.51. The highest BCUT2D eigenvalue weighted by molar-refractivity contribution is 7.16. The van der Waals surface area contributed by atoms with Crippen LogP contribution in [0.15, 0.2) is 6.07 Å². The van der Waals surface area contributed by atoms with Gasteiger partial charge in [0.1, 0.15) is 10.6 Å². The van der Waals surface area contributed by atoms with Gasteiger partial charge in [0.05, 0.1) is 18.7 Å². The average molecular weight is 426 g/mol. The van der Waals surface area contributed by atoms with Crippen molar-refractivity contribution in [3.05, 3.63) is 16.5 Å². The fourth-order valence-corrected chi connectivity index (χ4v) is 3.85. The number of anilines is 1. The highest BCUT2D eigenvalue weighted by Crippen LogP contribution is 2.29. The van der Waals surface area contributed by atoms with E-state index in [0.717, 1.165) is 11.3 Å². The van der Waals surface area contributed by atoms with Gasteiger partial charge in [-0.2, -0.15) is 0 Å². The number of carbonyl (C=O) groups is 3. The molecule has 1 fully saturated rings. The molecule has 1 aliphatic heterocycles. The molecule has 29 heavy (non-hydrogen) atoms. The summed E-state index contributed by atoms with van der Waals surface area (Å²) in [4.78, 5) is 41.4. The van der Waals surface area contributed by atoms with Crippen LogP contribution in [0.5, 0.6) is 0 Å². The molecule has 8 nitrogen and oxygen atoms in total. The van der Waals surface area contributed by atoms with Gasteiger partial charge in [0.2, 0.25) is 5.91 Å². The number of rotatable bonds is 6. The van der Waals surface area contributed by atoms with E-state index >= 15 is 0 Å². The van der Waals surface area contributed by atoms with E-state index in [9.17, 15) is 14.4 Å². The average Bonchev–Trinajstić information content (AvgIpc) is 3.04. The van der Waals surface area contributed by atoms with Crippen molar-refractivity contribution in [2.45, 2.75) is 46.6 Å². The second-order valence-corrected chi connectivity index (χ2v) is 8.96. The lowest BCUT2D eigenvalue weighted by atomic mass is 10.2. The van der Waals surface area contributed by atoms with Crippen LogP contribution in [-0.4, -0.2) is 72.7 Å². The Balaban J connectivity index is 1.89. The first kappa shape index (κ1) is 23.2. The summed E-state index contributed by atoms with van der Waals surface area (Å²) in [7, 11) is 0. The zero-order valence-corrected chi connectivity index (χ0v) is 18.7. The Hall–Kier alpha value is -2.13. The minimum Gasteiger partial charge on any atom is -0.462 e. The molecule has 0 spiro atoms. The van der Waals surface area contributed by atoms with Gasteiger partial charge in [-0.05, 0) is 40.2 Å². The van der Waals surface area contributed by atoms with Crippen molar-refractivity contribution in [2.24, 2.45) is 0 Å². The van der Waals surface area contributed by atoms with Crippen LogP contribution in [0.3, 0.4) is 0 Å². The Morgan fingerprint density at radius 2 is 1.79 bits per heavy atom. The summed E-state index contributed by atoms with van der Waals surface area (Å²) in [6.45, 7) is 11.9. The summed E-state index contributed by atoms with van der Waals surface area (Å²) in [5, 5.41) is 3.37. The third-order valence-corrected chi connectivity index (χ3v) is 5.47. The first-order valence-electron chi connectivity index (χ1n) is 9.93. The van der Waals surface area contributed by atoms with Crippen molar-refractivity contribution in [2.75, 3.05) is 44.6 Å². The van der Waals surface area contributed by atoms with E-state index in [0.29, 0.717) is 36.7 Å². The maximum Gasteiger partial charge on any atom is 0.410 e. The van der Waals surface area contributed by atoms with Gasteiger partial charge in [-0.15, -0.1) is 11.3 Å². The second-order valence-electron chi connectivity index (χ2n) is 7.82. The third kappa shape index (κ3) is 7.01. The number of hydrogen-bond acceptors (Lipinski definition) is 7. The molecule has 2 rings (SSSR count). The van der Waals surface area contributed by atoms with E-state index < -0.39 is 11.6 Å². The van der Waals surface area contributed by atoms with Crippen LogP contribution in [0.4, 0.5) is 9.80 Å². The Morgan fingerprint density at radius 3 is 2.34 bits per heavy atom. The number of esters is 1. The summed E-state index contributed by atoms with van der Waals surface area (Å²) in [5.41, 5.74) is -0.125. The van der Waals surface area contributed by atoms with Gasteiger partial charge in [-0.1, -0.05) is 6.92 Å². The first-order valence-corrected chi connectivity index (χ1v) is 10.7. The zero-order chi connectivity index (χ0) is 21.6. The summed E-state index contributed by atoms with van der Waals surface area (Å²) < 4.78 is 10.5. The van der Waals surface area contributed by atoms with Gasteiger partial charge < -0.3 is 19.7 Å². The number of nitrogens with zero attached hydrogens (tertiary/aromatic N) is 2. The molecular weight excluding hydrogens is 394 g/mol. The van der Waals surface area contributed by atoms with Crippen LogP contribution in [0.25, 0.3) is 0 Å². The van der Waals surface area contributed by atoms with E-state index in [1.165, 1.54) is 11.3 Å². The molecule has 1 aromatic rings. The number of thiophene rings is 1. The van der Waals surface area contributed by atoms with Gasteiger partial charge in [0, 0.05) is 31.1 Å². The van der Waals surface area contributed by atoms with Gasteiger partial charge in [-0.25, -0.2) is 9.59 Å². The van der Waals surface area contributed by atoms with Gasteiger partial charge >= 0.3 is 12.1 Å². The molecule has 0 bridgehead atoms. The van der Waals surface area contributed by atoms with Crippen molar-refractivity contribution in [1.82, 2.24) is 9.80 Å². The number of nitrogens with one attached hydrogen (secondary N) is 1. The van der Waals surface area contributed by atoms with Crippen LogP contribution in [-0.2, 0) is 20.7 Å². The summed E-state index contributed by atoms with van der Waals surface area (Å²) in [6, 6.07) is 1.78. The topological polar surface area (TPSA) is 88.2 Å². The van der Waals surface area contributed by atoms with Crippen molar-refractivity contribution in [3.63, 3.8) is 0 Å². The second kappa shape index (κ2) is 10.1. The molecular formula is C20H31N3O5S. The predicted molar refractivity (Wildman–Crippen MR) is 113 cm³/mol. The Kier molecular flexibility index (Phi) is 8.04. The molecule has 2 amide bonds. The number of hydrogen-bond donors (Lipinski definition) is 1. The van der Waals surface area contributed by atoms with Gasteiger partial charge in [-0.3, -0.25) is 9.69 Å². The normalized spacial score (nSPS) is 15.1. The Morgan fingerprint density at radius 1 is 1.14 bits per heavy atom. The molecule has 1 aromatic heterocycles. The fraction of sp³-hybridized carbons (Fsp3) is 0.650. The van der Waals surface area contributed by atoms with Crippen molar-refractivity contribution in [1.29, 1.82) is 0 Å². The fourth-order valence-electron chi connectivity index (χ4n) is 2.85.